The number of pyridine rings is 2. The second kappa shape index (κ2) is 6.25. The third-order valence-electron chi connectivity index (χ3n) is 4.99. The lowest BCUT2D eigenvalue weighted by Crippen LogP contribution is -2.22. The van der Waals surface area contributed by atoms with Crippen LogP contribution in [0.3, 0.4) is 0 Å². The summed E-state index contributed by atoms with van der Waals surface area (Å²) < 4.78 is 1.84. The molecule has 0 unspecified atom stereocenters. The maximum atomic E-state index is 13.3. The van der Waals surface area contributed by atoms with Gasteiger partial charge in [0.2, 0.25) is 0 Å². The van der Waals surface area contributed by atoms with Crippen molar-refractivity contribution in [2.75, 3.05) is 0 Å². The van der Waals surface area contributed by atoms with E-state index in [1.807, 2.05) is 65.4 Å². The molecule has 0 aliphatic heterocycles. The fraction of sp³-hybridized carbons (Fsp3) is 0.0435. The number of aromatic amines is 1. The van der Waals surface area contributed by atoms with Crippen LogP contribution in [0.15, 0.2) is 90.1 Å². The third-order valence-corrected chi connectivity index (χ3v) is 4.99. The van der Waals surface area contributed by atoms with E-state index in [1.165, 1.54) is 0 Å². The zero-order chi connectivity index (χ0) is 18.2. The Labute approximate surface area is 155 Å². The van der Waals surface area contributed by atoms with Crippen LogP contribution >= 0.6 is 0 Å². The van der Waals surface area contributed by atoms with Gasteiger partial charge in [0.25, 0.3) is 5.56 Å². The molecule has 1 N–H and O–H groups in total. The van der Waals surface area contributed by atoms with E-state index in [-0.39, 0.29) is 5.56 Å². The van der Waals surface area contributed by atoms with Gasteiger partial charge in [0.1, 0.15) is 0 Å². The van der Waals surface area contributed by atoms with Crippen molar-refractivity contribution in [2.24, 2.45) is 0 Å². The van der Waals surface area contributed by atoms with E-state index in [2.05, 4.69) is 22.1 Å². The Morgan fingerprint density at radius 3 is 2.63 bits per heavy atom. The average Bonchev–Trinajstić information content (AvgIpc) is 3.14. The predicted octanol–water partition coefficient (Wildman–Crippen LogP) is 4.59. The SMILES string of the molecule is O=c1c2cnccc2cc(-c2ccccc2)n1Cc1c[nH]c2ccccc12. The van der Waals surface area contributed by atoms with Gasteiger partial charge < -0.3 is 9.55 Å². The van der Waals surface area contributed by atoms with Gasteiger partial charge in [0.15, 0.2) is 0 Å². The molecule has 5 aromatic rings. The van der Waals surface area contributed by atoms with E-state index in [4.69, 9.17) is 0 Å². The highest BCUT2D eigenvalue weighted by Crippen LogP contribution is 2.25. The summed E-state index contributed by atoms with van der Waals surface area (Å²) in [5, 5.41) is 2.68. The van der Waals surface area contributed by atoms with Gasteiger partial charge >= 0.3 is 0 Å². The Balaban J connectivity index is 1.77. The van der Waals surface area contributed by atoms with Gasteiger partial charge in [0.05, 0.1) is 17.6 Å². The van der Waals surface area contributed by atoms with Gasteiger partial charge in [-0.1, -0.05) is 48.5 Å². The Morgan fingerprint density at radius 1 is 0.926 bits per heavy atom. The van der Waals surface area contributed by atoms with Crippen LogP contribution in [0.4, 0.5) is 0 Å². The standard InChI is InChI=1S/C23H17N3O/c27-23-20-14-24-11-10-17(20)12-22(16-6-2-1-3-7-16)26(23)15-18-13-25-21-9-5-4-8-19(18)21/h1-14,25H,15H2. The molecular formula is C23H17N3O. The summed E-state index contributed by atoms with van der Waals surface area (Å²) in [5.74, 6) is 0. The van der Waals surface area contributed by atoms with Gasteiger partial charge in [-0.3, -0.25) is 9.78 Å². The quantitative estimate of drug-likeness (QED) is 0.517. The molecule has 130 valence electrons. The van der Waals surface area contributed by atoms with Crippen molar-refractivity contribution < 1.29 is 0 Å². The minimum atomic E-state index is -0.0234. The zero-order valence-corrected chi connectivity index (χ0v) is 14.6. The lowest BCUT2D eigenvalue weighted by molar-refractivity contribution is 0.781. The lowest BCUT2D eigenvalue weighted by atomic mass is 10.1. The van der Waals surface area contributed by atoms with Crippen LogP contribution in [0.5, 0.6) is 0 Å². The van der Waals surface area contributed by atoms with E-state index < -0.39 is 0 Å². The molecule has 27 heavy (non-hydrogen) atoms. The first-order valence-electron chi connectivity index (χ1n) is 8.89. The molecule has 0 saturated carbocycles. The molecule has 4 nitrogen and oxygen atoms in total. The minimum absolute atomic E-state index is 0.0234. The molecule has 0 bridgehead atoms. The predicted molar refractivity (Wildman–Crippen MR) is 109 cm³/mol. The Hall–Kier alpha value is -3.66. The van der Waals surface area contributed by atoms with E-state index in [0.29, 0.717) is 11.9 Å². The summed E-state index contributed by atoms with van der Waals surface area (Å²) in [5.41, 5.74) is 4.07. The average molecular weight is 351 g/mol. The molecule has 0 atom stereocenters. The smallest absolute Gasteiger partial charge is 0.260 e. The van der Waals surface area contributed by atoms with E-state index in [1.54, 1.807) is 12.4 Å². The van der Waals surface area contributed by atoms with Crippen LogP contribution in [0.2, 0.25) is 0 Å². The molecule has 0 aliphatic rings. The van der Waals surface area contributed by atoms with Crippen molar-refractivity contribution in [1.29, 1.82) is 0 Å². The van der Waals surface area contributed by atoms with Crippen molar-refractivity contribution in [3.63, 3.8) is 0 Å². The molecule has 0 amide bonds. The van der Waals surface area contributed by atoms with E-state index in [0.717, 1.165) is 33.1 Å². The van der Waals surface area contributed by atoms with Crippen molar-refractivity contribution >= 4 is 21.7 Å². The first kappa shape index (κ1) is 15.6. The Morgan fingerprint density at radius 2 is 1.74 bits per heavy atom. The lowest BCUT2D eigenvalue weighted by Gasteiger charge is -2.14. The van der Waals surface area contributed by atoms with E-state index in [9.17, 15) is 4.79 Å². The maximum absolute atomic E-state index is 13.3. The first-order chi connectivity index (χ1) is 13.3. The highest BCUT2D eigenvalue weighted by Gasteiger charge is 2.13. The van der Waals surface area contributed by atoms with Crippen molar-refractivity contribution in [2.45, 2.75) is 6.54 Å². The fourth-order valence-corrected chi connectivity index (χ4v) is 3.63. The van der Waals surface area contributed by atoms with Crippen molar-refractivity contribution in [3.05, 3.63) is 101 Å². The highest BCUT2D eigenvalue weighted by molar-refractivity contribution is 5.85. The van der Waals surface area contributed by atoms with Gasteiger partial charge in [-0.25, -0.2) is 0 Å². The van der Waals surface area contributed by atoms with Gasteiger partial charge in [0, 0.05) is 29.5 Å². The number of para-hydroxylation sites is 1. The number of rotatable bonds is 3. The number of fused-ring (bicyclic) bond motifs is 2. The summed E-state index contributed by atoms with van der Waals surface area (Å²) in [6, 6.07) is 22.1. The largest absolute Gasteiger partial charge is 0.361 e. The number of nitrogens with one attached hydrogen (secondary N) is 1. The summed E-state index contributed by atoms with van der Waals surface area (Å²) in [7, 11) is 0. The third kappa shape index (κ3) is 2.62. The molecule has 5 rings (SSSR count). The van der Waals surface area contributed by atoms with E-state index >= 15 is 0 Å². The highest BCUT2D eigenvalue weighted by atomic mass is 16.1. The number of H-pyrrole nitrogens is 1. The van der Waals surface area contributed by atoms with Crippen molar-refractivity contribution in [1.82, 2.24) is 14.5 Å². The summed E-state index contributed by atoms with van der Waals surface area (Å²) in [6.07, 6.45) is 5.36. The number of benzene rings is 2. The molecule has 2 aromatic carbocycles. The van der Waals surface area contributed by atoms with Crippen LogP contribution in [0.25, 0.3) is 32.9 Å². The second-order valence-corrected chi connectivity index (χ2v) is 6.61. The normalized spacial score (nSPS) is 11.3. The Kier molecular flexibility index (Phi) is 3.61. The minimum Gasteiger partial charge on any atom is -0.361 e. The number of aromatic nitrogens is 3. The second-order valence-electron chi connectivity index (χ2n) is 6.61. The molecule has 0 saturated heterocycles. The monoisotopic (exact) mass is 351 g/mol. The van der Waals surface area contributed by atoms with Gasteiger partial charge in [-0.15, -0.1) is 0 Å². The topological polar surface area (TPSA) is 50.7 Å². The van der Waals surface area contributed by atoms with Crippen LogP contribution in [-0.2, 0) is 6.54 Å². The first-order valence-corrected chi connectivity index (χ1v) is 8.89. The summed E-state index contributed by atoms with van der Waals surface area (Å²) in [4.78, 5) is 20.7. The number of hydrogen-bond acceptors (Lipinski definition) is 2. The molecule has 0 radical (unpaired) electrons. The van der Waals surface area contributed by atoms with Crippen LogP contribution < -0.4 is 5.56 Å². The maximum Gasteiger partial charge on any atom is 0.260 e. The van der Waals surface area contributed by atoms with Crippen LogP contribution in [-0.4, -0.2) is 14.5 Å². The van der Waals surface area contributed by atoms with Gasteiger partial charge in [-0.05, 0) is 34.7 Å². The fourth-order valence-electron chi connectivity index (χ4n) is 3.63. The molecule has 4 heteroatoms. The molecule has 3 heterocycles. The molecule has 0 aliphatic carbocycles. The number of hydrogen-bond donors (Lipinski definition) is 1. The summed E-state index contributed by atoms with van der Waals surface area (Å²) >= 11 is 0. The zero-order valence-electron chi connectivity index (χ0n) is 14.6. The molecular weight excluding hydrogens is 334 g/mol. The molecule has 0 fully saturated rings. The number of nitrogens with zero attached hydrogens (tertiary/aromatic N) is 2. The molecule has 3 aromatic heterocycles. The van der Waals surface area contributed by atoms with Crippen LogP contribution in [0, 0.1) is 0 Å². The summed E-state index contributed by atoms with van der Waals surface area (Å²) in [6.45, 7) is 0.498. The van der Waals surface area contributed by atoms with Gasteiger partial charge in [-0.2, -0.15) is 0 Å². The van der Waals surface area contributed by atoms with Crippen LogP contribution in [0.1, 0.15) is 5.56 Å². The molecule has 0 spiro atoms. The Bertz CT molecular complexity index is 1320. The van der Waals surface area contributed by atoms with Crippen molar-refractivity contribution in [3.8, 4) is 11.3 Å².